The summed E-state index contributed by atoms with van der Waals surface area (Å²) < 4.78 is 19.1. The standard InChI is InChI=1S/C20H22FN3O2/c1-22-20(23-12-18(25)14-7-5-8-16(21)10-14)24(2)13-17-11-15-6-3-4-9-19(15)26-17/h3-11,18,25H,12-13H2,1-2H3,(H,22,23). The van der Waals surface area contributed by atoms with E-state index in [1.807, 2.05) is 42.3 Å². The van der Waals surface area contributed by atoms with Crippen LogP contribution in [0.2, 0.25) is 0 Å². The summed E-state index contributed by atoms with van der Waals surface area (Å²) in [4.78, 5) is 6.12. The second-order valence-corrected chi connectivity index (χ2v) is 6.11. The fourth-order valence-corrected chi connectivity index (χ4v) is 2.83. The third kappa shape index (κ3) is 4.21. The average molecular weight is 355 g/mol. The van der Waals surface area contributed by atoms with Gasteiger partial charge in [-0.3, -0.25) is 4.99 Å². The van der Waals surface area contributed by atoms with Crippen molar-refractivity contribution in [3.05, 3.63) is 71.7 Å². The fraction of sp³-hybridized carbons (Fsp3) is 0.250. The molecule has 26 heavy (non-hydrogen) atoms. The molecule has 0 amide bonds. The summed E-state index contributed by atoms with van der Waals surface area (Å²) >= 11 is 0. The van der Waals surface area contributed by atoms with E-state index >= 15 is 0 Å². The highest BCUT2D eigenvalue weighted by Gasteiger charge is 2.13. The van der Waals surface area contributed by atoms with E-state index in [2.05, 4.69) is 10.3 Å². The first-order valence-electron chi connectivity index (χ1n) is 8.39. The van der Waals surface area contributed by atoms with Gasteiger partial charge in [0.1, 0.15) is 17.2 Å². The number of aliphatic hydroxyl groups is 1. The minimum Gasteiger partial charge on any atom is -0.459 e. The highest BCUT2D eigenvalue weighted by molar-refractivity contribution is 5.80. The van der Waals surface area contributed by atoms with Gasteiger partial charge in [0, 0.05) is 26.0 Å². The number of fused-ring (bicyclic) bond motifs is 1. The molecular formula is C20H22FN3O2. The number of nitrogens with one attached hydrogen (secondary N) is 1. The number of halogens is 1. The number of aliphatic hydroxyl groups excluding tert-OH is 1. The molecule has 0 fully saturated rings. The monoisotopic (exact) mass is 355 g/mol. The van der Waals surface area contributed by atoms with E-state index in [1.165, 1.54) is 12.1 Å². The van der Waals surface area contributed by atoms with Gasteiger partial charge in [-0.2, -0.15) is 0 Å². The topological polar surface area (TPSA) is 61.0 Å². The van der Waals surface area contributed by atoms with Crippen molar-refractivity contribution in [3.8, 4) is 0 Å². The van der Waals surface area contributed by atoms with Crippen LogP contribution in [0, 0.1) is 5.82 Å². The Morgan fingerprint density at radius 3 is 2.77 bits per heavy atom. The zero-order chi connectivity index (χ0) is 18.5. The van der Waals surface area contributed by atoms with E-state index in [4.69, 9.17) is 4.42 Å². The molecule has 1 atom stereocenters. The van der Waals surface area contributed by atoms with Gasteiger partial charge in [-0.1, -0.05) is 30.3 Å². The number of nitrogens with zero attached hydrogens (tertiary/aromatic N) is 2. The zero-order valence-electron chi connectivity index (χ0n) is 14.8. The SMILES string of the molecule is CN=C(NCC(O)c1cccc(F)c1)N(C)Cc1cc2ccccc2o1. The zero-order valence-corrected chi connectivity index (χ0v) is 14.8. The number of benzene rings is 2. The summed E-state index contributed by atoms with van der Waals surface area (Å²) in [6.45, 7) is 0.755. The van der Waals surface area contributed by atoms with Gasteiger partial charge in [0.2, 0.25) is 0 Å². The van der Waals surface area contributed by atoms with Crippen molar-refractivity contribution >= 4 is 16.9 Å². The van der Waals surface area contributed by atoms with Crippen LogP contribution in [0.1, 0.15) is 17.4 Å². The molecule has 2 N–H and O–H groups in total. The molecule has 1 unspecified atom stereocenters. The smallest absolute Gasteiger partial charge is 0.193 e. The van der Waals surface area contributed by atoms with Crippen molar-refractivity contribution in [2.75, 3.05) is 20.6 Å². The van der Waals surface area contributed by atoms with Crippen LogP contribution in [-0.4, -0.2) is 36.6 Å². The fourth-order valence-electron chi connectivity index (χ4n) is 2.83. The predicted molar refractivity (Wildman–Crippen MR) is 100 cm³/mol. The van der Waals surface area contributed by atoms with Crippen LogP contribution in [0.3, 0.4) is 0 Å². The van der Waals surface area contributed by atoms with Gasteiger partial charge >= 0.3 is 0 Å². The molecule has 0 bridgehead atoms. The van der Waals surface area contributed by atoms with Crippen LogP contribution < -0.4 is 5.32 Å². The molecule has 0 aliphatic rings. The number of furan rings is 1. The Balaban J connectivity index is 1.61. The lowest BCUT2D eigenvalue weighted by Crippen LogP contribution is -2.40. The molecule has 2 aromatic carbocycles. The van der Waals surface area contributed by atoms with E-state index in [0.717, 1.165) is 16.7 Å². The third-order valence-corrected chi connectivity index (χ3v) is 4.13. The van der Waals surface area contributed by atoms with Crippen LogP contribution >= 0.6 is 0 Å². The van der Waals surface area contributed by atoms with Crippen molar-refractivity contribution in [2.45, 2.75) is 12.6 Å². The first-order chi connectivity index (χ1) is 12.6. The van der Waals surface area contributed by atoms with Gasteiger partial charge in [-0.05, 0) is 29.8 Å². The maximum absolute atomic E-state index is 13.3. The van der Waals surface area contributed by atoms with Gasteiger partial charge in [0.15, 0.2) is 5.96 Å². The summed E-state index contributed by atoms with van der Waals surface area (Å²) in [6, 6.07) is 15.8. The molecule has 0 aliphatic heterocycles. The van der Waals surface area contributed by atoms with Gasteiger partial charge in [0.25, 0.3) is 0 Å². The maximum atomic E-state index is 13.3. The van der Waals surface area contributed by atoms with E-state index in [0.29, 0.717) is 18.1 Å². The molecule has 1 heterocycles. The van der Waals surface area contributed by atoms with Crippen LogP contribution in [0.25, 0.3) is 11.0 Å². The largest absolute Gasteiger partial charge is 0.459 e. The molecule has 3 rings (SSSR count). The summed E-state index contributed by atoms with van der Waals surface area (Å²) in [5.41, 5.74) is 1.37. The van der Waals surface area contributed by atoms with Crippen molar-refractivity contribution < 1.29 is 13.9 Å². The highest BCUT2D eigenvalue weighted by atomic mass is 19.1. The Bertz CT molecular complexity index is 874. The Morgan fingerprint density at radius 1 is 1.23 bits per heavy atom. The second kappa shape index (κ2) is 8.01. The molecule has 0 saturated carbocycles. The molecular weight excluding hydrogens is 333 g/mol. The number of para-hydroxylation sites is 1. The van der Waals surface area contributed by atoms with Gasteiger partial charge in [-0.15, -0.1) is 0 Å². The summed E-state index contributed by atoms with van der Waals surface area (Å²) in [6.07, 6.45) is -0.831. The van der Waals surface area contributed by atoms with Crippen molar-refractivity contribution in [3.63, 3.8) is 0 Å². The minimum absolute atomic E-state index is 0.223. The van der Waals surface area contributed by atoms with Crippen molar-refractivity contribution in [1.29, 1.82) is 0 Å². The summed E-state index contributed by atoms with van der Waals surface area (Å²) in [7, 11) is 3.56. The Hall–Kier alpha value is -2.86. The summed E-state index contributed by atoms with van der Waals surface area (Å²) in [5, 5.41) is 14.4. The number of rotatable bonds is 5. The van der Waals surface area contributed by atoms with E-state index in [9.17, 15) is 9.50 Å². The molecule has 6 heteroatoms. The molecule has 136 valence electrons. The molecule has 0 aliphatic carbocycles. The molecule has 0 spiro atoms. The average Bonchev–Trinajstić information content (AvgIpc) is 3.04. The first-order valence-corrected chi connectivity index (χ1v) is 8.39. The first kappa shape index (κ1) is 17.9. The molecule has 3 aromatic rings. The van der Waals surface area contributed by atoms with Crippen LogP contribution in [0.5, 0.6) is 0 Å². The Labute approximate surface area is 151 Å². The molecule has 1 aromatic heterocycles. The van der Waals surface area contributed by atoms with Crippen molar-refractivity contribution in [2.24, 2.45) is 4.99 Å². The second-order valence-electron chi connectivity index (χ2n) is 6.11. The highest BCUT2D eigenvalue weighted by Crippen LogP contribution is 2.20. The van der Waals surface area contributed by atoms with E-state index in [1.54, 1.807) is 19.2 Å². The van der Waals surface area contributed by atoms with E-state index < -0.39 is 6.10 Å². The minimum atomic E-state index is -0.831. The predicted octanol–water partition coefficient (Wildman–Crippen LogP) is 3.31. The lowest BCUT2D eigenvalue weighted by Gasteiger charge is -2.22. The lowest BCUT2D eigenvalue weighted by atomic mass is 10.1. The van der Waals surface area contributed by atoms with Gasteiger partial charge in [0.05, 0.1) is 12.6 Å². The van der Waals surface area contributed by atoms with Gasteiger partial charge < -0.3 is 19.7 Å². The maximum Gasteiger partial charge on any atom is 0.193 e. The number of hydrogen-bond acceptors (Lipinski definition) is 3. The molecule has 0 radical (unpaired) electrons. The molecule has 5 nitrogen and oxygen atoms in total. The number of hydrogen-bond donors (Lipinski definition) is 2. The number of guanidine groups is 1. The Morgan fingerprint density at radius 2 is 2.04 bits per heavy atom. The van der Waals surface area contributed by atoms with Gasteiger partial charge in [-0.25, -0.2) is 4.39 Å². The Kier molecular flexibility index (Phi) is 5.53. The third-order valence-electron chi connectivity index (χ3n) is 4.13. The van der Waals surface area contributed by atoms with Crippen LogP contribution in [0.4, 0.5) is 4.39 Å². The van der Waals surface area contributed by atoms with Crippen LogP contribution in [-0.2, 0) is 6.54 Å². The van der Waals surface area contributed by atoms with Crippen molar-refractivity contribution in [1.82, 2.24) is 10.2 Å². The normalized spacial score (nSPS) is 13.0. The van der Waals surface area contributed by atoms with Crippen LogP contribution in [0.15, 0.2) is 64.0 Å². The quantitative estimate of drug-likeness (QED) is 0.544. The van der Waals surface area contributed by atoms with E-state index in [-0.39, 0.29) is 12.4 Å². The molecule has 0 saturated heterocycles. The summed E-state index contributed by atoms with van der Waals surface area (Å²) in [5.74, 6) is 1.07. The number of aliphatic imine (C=N–C) groups is 1. The lowest BCUT2D eigenvalue weighted by molar-refractivity contribution is 0.179.